The van der Waals surface area contributed by atoms with Gasteiger partial charge in [0.25, 0.3) is 0 Å². The molecule has 0 radical (unpaired) electrons. The van der Waals surface area contributed by atoms with E-state index in [1.807, 2.05) is 0 Å². The van der Waals surface area contributed by atoms with Gasteiger partial charge in [-0.05, 0) is 5.56 Å². The van der Waals surface area contributed by atoms with Crippen molar-refractivity contribution in [2.24, 2.45) is 5.73 Å². The number of benzene rings is 1. The van der Waals surface area contributed by atoms with Crippen LogP contribution in [0.15, 0.2) is 35.2 Å². The van der Waals surface area contributed by atoms with Gasteiger partial charge in [-0.3, -0.25) is 0 Å². The van der Waals surface area contributed by atoms with Gasteiger partial charge < -0.3 is 10.3 Å². The monoisotopic (exact) mass is 312 g/mol. The van der Waals surface area contributed by atoms with Crippen molar-refractivity contribution in [3.63, 3.8) is 0 Å². The summed E-state index contributed by atoms with van der Waals surface area (Å²) in [4.78, 5) is 4.00. The zero-order chi connectivity index (χ0) is 14.6. The van der Waals surface area contributed by atoms with Crippen LogP contribution in [-0.4, -0.2) is 23.5 Å². The molecule has 9 heteroatoms. The SMILES string of the molecule is NC(=S)c1ccc(CS(=O)(=O)NCc2ncon2)cc1. The first-order chi connectivity index (χ1) is 9.46. The lowest BCUT2D eigenvalue weighted by Crippen LogP contribution is -2.25. The first-order valence-electron chi connectivity index (χ1n) is 5.57. The van der Waals surface area contributed by atoms with E-state index in [-0.39, 0.29) is 23.1 Å². The highest BCUT2D eigenvalue weighted by Crippen LogP contribution is 2.08. The van der Waals surface area contributed by atoms with Crippen LogP contribution in [0.4, 0.5) is 0 Å². The third-order valence-electron chi connectivity index (χ3n) is 2.45. The summed E-state index contributed by atoms with van der Waals surface area (Å²) in [5.74, 6) is 0.125. The van der Waals surface area contributed by atoms with Crippen LogP contribution in [0.5, 0.6) is 0 Å². The second kappa shape index (κ2) is 6.07. The summed E-state index contributed by atoms with van der Waals surface area (Å²) >= 11 is 4.83. The average Bonchev–Trinajstić information content (AvgIpc) is 2.90. The Labute approximate surface area is 121 Å². The molecule has 0 saturated carbocycles. The molecule has 106 valence electrons. The van der Waals surface area contributed by atoms with Crippen molar-refractivity contribution in [2.45, 2.75) is 12.3 Å². The second-order valence-electron chi connectivity index (χ2n) is 3.99. The fraction of sp³-hybridized carbons (Fsp3) is 0.182. The number of aromatic nitrogens is 2. The minimum atomic E-state index is -3.48. The van der Waals surface area contributed by atoms with E-state index in [1.54, 1.807) is 24.3 Å². The van der Waals surface area contributed by atoms with Gasteiger partial charge in [-0.25, -0.2) is 13.1 Å². The van der Waals surface area contributed by atoms with Gasteiger partial charge in [-0.2, -0.15) is 4.98 Å². The van der Waals surface area contributed by atoms with Crippen molar-refractivity contribution in [1.29, 1.82) is 0 Å². The quantitative estimate of drug-likeness (QED) is 0.739. The highest BCUT2D eigenvalue weighted by molar-refractivity contribution is 7.88. The highest BCUT2D eigenvalue weighted by atomic mass is 32.2. The lowest BCUT2D eigenvalue weighted by Gasteiger charge is -2.05. The minimum absolute atomic E-state index is 0.0101. The van der Waals surface area contributed by atoms with E-state index in [0.29, 0.717) is 11.1 Å². The first-order valence-corrected chi connectivity index (χ1v) is 7.64. The fourth-order valence-electron chi connectivity index (χ4n) is 1.48. The fourth-order valence-corrected chi connectivity index (χ4v) is 2.70. The molecule has 0 amide bonds. The summed E-state index contributed by atoms with van der Waals surface area (Å²) in [6.45, 7) is -0.0101. The Bertz CT molecular complexity index is 681. The number of hydrogen-bond donors (Lipinski definition) is 2. The standard InChI is InChI=1S/C11H12N4O3S2/c12-11(19)9-3-1-8(2-4-9)6-20(16,17)14-5-10-13-7-18-15-10/h1-4,7,14H,5-6H2,(H2,12,19). The Morgan fingerprint density at radius 3 is 2.60 bits per heavy atom. The molecule has 20 heavy (non-hydrogen) atoms. The van der Waals surface area contributed by atoms with Crippen LogP contribution < -0.4 is 10.5 Å². The van der Waals surface area contributed by atoms with Gasteiger partial charge in [0.15, 0.2) is 5.82 Å². The Balaban J connectivity index is 1.98. The number of rotatable bonds is 6. The van der Waals surface area contributed by atoms with Gasteiger partial charge in [0.2, 0.25) is 16.4 Å². The number of hydrogen-bond acceptors (Lipinski definition) is 6. The smallest absolute Gasteiger partial charge is 0.216 e. The average molecular weight is 312 g/mol. The zero-order valence-electron chi connectivity index (χ0n) is 10.3. The predicted octanol–water partition coefficient (Wildman–Crippen LogP) is 0.323. The lowest BCUT2D eigenvalue weighted by atomic mass is 10.1. The summed E-state index contributed by atoms with van der Waals surface area (Å²) in [5, 5.41) is 3.52. The van der Waals surface area contributed by atoms with Crippen molar-refractivity contribution in [2.75, 3.05) is 0 Å². The summed E-state index contributed by atoms with van der Waals surface area (Å²) < 4.78 is 30.6. The van der Waals surface area contributed by atoms with Crippen molar-refractivity contribution in [3.05, 3.63) is 47.6 Å². The molecular weight excluding hydrogens is 300 g/mol. The molecule has 1 aromatic carbocycles. The molecule has 0 unspecified atom stereocenters. The molecule has 0 aliphatic rings. The van der Waals surface area contributed by atoms with Crippen LogP contribution >= 0.6 is 12.2 Å². The number of nitrogens with one attached hydrogen (secondary N) is 1. The normalized spacial score (nSPS) is 11.4. The van der Waals surface area contributed by atoms with Crippen LogP contribution in [-0.2, 0) is 22.3 Å². The molecule has 0 aliphatic heterocycles. The van der Waals surface area contributed by atoms with E-state index in [9.17, 15) is 8.42 Å². The molecule has 0 atom stereocenters. The maximum atomic E-state index is 11.9. The summed E-state index contributed by atoms with van der Waals surface area (Å²) in [7, 11) is -3.48. The molecule has 0 spiro atoms. The van der Waals surface area contributed by atoms with Gasteiger partial charge in [-0.15, -0.1) is 0 Å². The molecule has 2 rings (SSSR count). The number of nitrogens with zero attached hydrogens (tertiary/aromatic N) is 2. The molecule has 3 N–H and O–H groups in total. The Kier molecular flexibility index (Phi) is 4.42. The van der Waals surface area contributed by atoms with Gasteiger partial charge in [-0.1, -0.05) is 41.6 Å². The van der Waals surface area contributed by atoms with Gasteiger partial charge in [0.1, 0.15) is 4.99 Å². The van der Waals surface area contributed by atoms with E-state index in [0.717, 1.165) is 6.39 Å². The third-order valence-corrected chi connectivity index (χ3v) is 3.99. The van der Waals surface area contributed by atoms with Gasteiger partial charge in [0.05, 0.1) is 12.3 Å². The van der Waals surface area contributed by atoms with Crippen molar-refractivity contribution in [3.8, 4) is 0 Å². The minimum Gasteiger partial charge on any atom is -0.389 e. The van der Waals surface area contributed by atoms with E-state index in [2.05, 4.69) is 19.4 Å². The van der Waals surface area contributed by atoms with Crippen LogP contribution in [0.25, 0.3) is 0 Å². The number of thiocarbonyl (C=S) groups is 1. The van der Waals surface area contributed by atoms with Crippen molar-refractivity contribution < 1.29 is 12.9 Å². The van der Waals surface area contributed by atoms with Gasteiger partial charge in [0, 0.05) is 5.56 Å². The number of sulfonamides is 1. The maximum absolute atomic E-state index is 11.9. The Hall–Kier alpha value is -1.84. The molecule has 2 aromatic rings. The molecule has 1 aromatic heterocycles. The topological polar surface area (TPSA) is 111 Å². The molecule has 0 bridgehead atoms. The van der Waals surface area contributed by atoms with E-state index < -0.39 is 10.0 Å². The van der Waals surface area contributed by atoms with Crippen molar-refractivity contribution >= 4 is 27.2 Å². The summed E-state index contributed by atoms with van der Waals surface area (Å²) in [5.41, 5.74) is 6.80. The lowest BCUT2D eigenvalue weighted by molar-refractivity contribution is 0.409. The van der Waals surface area contributed by atoms with Gasteiger partial charge >= 0.3 is 0 Å². The summed E-state index contributed by atoms with van der Waals surface area (Å²) in [6.07, 6.45) is 1.14. The van der Waals surface area contributed by atoms with E-state index in [1.165, 1.54) is 0 Å². The van der Waals surface area contributed by atoms with Crippen molar-refractivity contribution in [1.82, 2.24) is 14.9 Å². The Morgan fingerprint density at radius 2 is 2.05 bits per heavy atom. The maximum Gasteiger partial charge on any atom is 0.216 e. The van der Waals surface area contributed by atoms with Crippen LogP contribution in [0.2, 0.25) is 0 Å². The molecule has 0 saturated heterocycles. The zero-order valence-corrected chi connectivity index (χ0v) is 11.9. The number of nitrogens with two attached hydrogens (primary N) is 1. The second-order valence-corrected chi connectivity index (χ2v) is 6.24. The Morgan fingerprint density at radius 1 is 1.35 bits per heavy atom. The predicted molar refractivity (Wildman–Crippen MR) is 76.1 cm³/mol. The molecule has 7 nitrogen and oxygen atoms in total. The van der Waals surface area contributed by atoms with E-state index >= 15 is 0 Å². The molecule has 0 aliphatic carbocycles. The van der Waals surface area contributed by atoms with Crippen LogP contribution in [0.3, 0.4) is 0 Å². The molecular formula is C11H12N4O3S2. The van der Waals surface area contributed by atoms with Crippen LogP contribution in [0, 0.1) is 0 Å². The third kappa shape index (κ3) is 4.08. The highest BCUT2D eigenvalue weighted by Gasteiger charge is 2.12. The molecule has 0 fully saturated rings. The molecule has 1 heterocycles. The van der Waals surface area contributed by atoms with Crippen LogP contribution in [0.1, 0.15) is 17.0 Å². The van der Waals surface area contributed by atoms with E-state index in [4.69, 9.17) is 18.0 Å². The summed E-state index contributed by atoms with van der Waals surface area (Å²) in [6, 6.07) is 6.71. The first kappa shape index (κ1) is 14.6. The largest absolute Gasteiger partial charge is 0.389 e.